The maximum atomic E-state index is 6.55. The molecule has 273 valence electrons. The quantitative estimate of drug-likeness (QED) is 0.150. The molecule has 1 radical (unpaired) electrons. The molecule has 9 rings (SSSR count). The Kier molecular flexibility index (Phi) is 11.3. The Morgan fingerprint density at radius 3 is 1.93 bits per heavy atom. The van der Waals surface area contributed by atoms with Gasteiger partial charge in [-0.15, -0.1) is 48.0 Å². The number of pyridine rings is 1. The van der Waals surface area contributed by atoms with Gasteiger partial charge in [0.2, 0.25) is 0 Å². The predicted molar refractivity (Wildman–Crippen MR) is 223 cm³/mol. The summed E-state index contributed by atoms with van der Waals surface area (Å²) >= 11 is 0. The molecule has 55 heavy (non-hydrogen) atoms. The van der Waals surface area contributed by atoms with E-state index in [1.807, 2.05) is 66.7 Å². The van der Waals surface area contributed by atoms with Crippen LogP contribution in [0.3, 0.4) is 0 Å². The van der Waals surface area contributed by atoms with Crippen molar-refractivity contribution in [2.24, 2.45) is 0 Å². The summed E-state index contributed by atoms with van der Waals surface area (Å²) in [5.74, 6) is 2.41. The van der Waals surface area contributed by atoms with Crippen molar-refractivity contribution in [2.75, 3.05) is 0 Å². The first kappa shape index (κ1) is 37.4. The summed E-state index contributed by atoms with van der Waals surface area (Å²) in [6.07, 6.45) is 1.79. The third kappa shape index (κ3) is 7.73. The summed E-state index contributed by atoms with van der Waals surface area (Å²) < 4.78 is 8.91. The van der Waals surface area contributed by atoms with Crippen molar-refractivity contribution in [1.82, 2.24) is 14.5 Å². The molecule has 0 fully saturated rings. The van der Waals surface area contributed by atoms with Crippen molar-refractivity contribution in [3.8, 4) is 50.8 Å². The summed E-state index contributed by atoms with van der Waals surface area (Å²) in [6.45, 7) is 9.07. The Hall–Kier alpha value is -5.87. The van der Waals surface area contributed by atoms with Gasteiger partial charge in [-0.3, -0.25) is 4.98 Å². The number of nitrogens with zero attached hydrogens (tertiary/aromatic N) is 3. The number of aromatic nitrogens is 3. The van der Waals surface area contributed by atoms with Gasteiger partial charge in [-0.25, -0.2) is 0 Å². The van der Waals surface area contributed by atoms with Crippen LogP contribution in [0.4, 0.5) is 0 Å². The van der Waals surface area contributed by atoms with E-state index >= 15 is 0 Å². The number of hydrogen-bond acceptors (Lipinski definition) is 3. The Labute approximate surface area is 336 Å². The van der Waals surface area contributed by atoms with Gasteiger partial charge in [-0.2, -0.15) is 0 Å². The van der Waals surface area contributed by atoms with E-state index < -0.39 is 0 Å². The van der Waals surface area contributed by atoms with E-state index in [-0.39, 0.29) is 20.1 Å². The van der Waals surface area contributed by atoms with Crippen LogP contribution in [0.2, 0.25) is 0 Å². The predicted octanol–water partition coefficient (Wildman–Crippen LogP) is 13.4. The monoisotopic (exact) mass is 892 g/mol. The molecule has 0 saturated carbocycles. The molecule has 0 atom stereocenters. The third-order valence-corrected chi connectivity index (χ3v) is 9.70. The zero-order valence-corrected chi connectivity index (χ0v) is 33.7. The molecule has 0 spiro atoms. The molecule has 4 nitrogen and oxygen atoms in total. The minimum absolute atomic E-state index is 0. The van der Waals surface area contributed by atoms with Crippen LogP contribution < -0.4 is 0 Å². The molecule has 5 heteroatoms. The Morgan fingerprint density at radius 1 is 0.618 bits per heavy atom. The van der Waals surface area contributed by atoms with Gasteiger partial charge in [0.05, 0.1) is 28.2 Å². The molecule has 0 aliphatic rings. The van der Waals surface area contributed by atoms with Gasteiger partial charge < -0.3 is 14.0 Å². The minimum atomic E-state index is 0. The van der Waals surface area contributed by atoms with E-state index in [1.54, 1.807) is 6.20 Å². The maximum absolute atomic E-state index is 6.55. The maximum Gasteiger partial charge on any atom is 0.0914 e. The average molecular weight is 892 g/mol. The standard InChI is InChI=1S/C39H33N2O.C11H8N.Ir/c1-25(2)31-18-13-19-32(26(3)4)37(31)41-35-21-12-11-20-34(35)40-39(41)30-22-29-24-36(28-16-9-6-10-17-28)42-38(29)33(23-30)27-14-7-5-8-15-27;1-2-6-10(7-3-1)11-8-4-5-9-12-11;/h5-21,23-26H,1-4H3;1-6,8-9H;/q2*-1;. The van der Waals surface area contributed by atoms with Crippen molar-refractivity contribution in [2.45, 2.75) is 39.5 Å². The summed E-state index contributed by atoms with van der Waals surface area (Å²) in [5, 5.41) is 0.935. The van der Waals surface area contributed by atoms with Gasteiger partial charge in [0.1, 0.15) is 0 Å². The molecule has 0 saturated heterocycles. The van der Waals surface area contributed by atoms with E-state index in [4.69, 9.17) is 9.40 Å². The molecule has 0 unspecified atom stereocenters. The molecule has 0 bridgehead atoms. The third-order valence-electron chi connectivity index (χ3n) is 9.70. The Morgan fingerprint density at radius 2 is 1.27 bits per heavy atom. The fourth-order valence-electron chi connectivity index (χ4n) is 7.05. The normalized spacial score (nSPS) is 11.1. The molecule has 9 aromatic rings. The molecule has 0 amide bonds. The van der Waals surface area contributed by atoms with Gasteiger partial charge in [0.25, 0.3) is 0 Å². The van der Waals surface area contributed by atoms with E-state index in [0.29, 0.717) is 11.8 Å². The second-order valence-electron chi connectivity index (χ2n) is 14.0. The summed E-state index contributed by atoms with van der Waals surface area (Å²) in [5.41, 5.74) is 12.8. The molecule has 3 aromatic heterocycles. The van der Waals surface area contributed by atoms with E-state index in [2.05, 4.69) is 140 Å². The second-order valence-corrected chi connectivity index (χ2v) is 14.0. The number of rotatable bonds is 7. The molecular formula is C50H41IrN3O-2. The number of para-hydroxylation sites is 3. The fraction of sp³-hybridized carbons (Fsp3) is 0.120. The minimum Gasteiger partial charge on any atom is -0.499 e. The van der Waals surface area contributed by atoms with Gasteiger partial charge in [-0.05, 0) is 58.0 Å². The van der Waals surface area contributed by atoms with Crippen LogP contribution in [0.1, 0.15) is 50.7 Å². The van der Waals surface area contributed by atoms with Crippen LogP contribution >= 0.6 is 0 Å². The fourth-order valence-corrected chi connectivity index (χ4v) is 7.05. The van der Waals surface area contributed by atoms with Crippen LogP contribution in [0.15, 0.2) is 168 Å². The molecule has 3 heterocycles. The first-order valence-electron chi connectivity index (χ1n) is 18.6. The number of fused-ring (bicyclic) bond motifs is 2. The van der Waals surface area contributed by atoms with Crippen LogP contribution in [0.5, 0.6) is 0 Å². The smallest absolute Gasteiger partial charge is 0.0914 e. The number of hydrogen-bond donors (Lipinski definition) is 0. The average Bonchev–Trinajstić information content (AvgIpc) is 3.84. The largest absolute Gasteiger partial charge is 0.499 e. The zero-order valence-electron chi connectivity index (χ0n) is 31.3. The van der Waals surface area contributed by atoms with Gasteiger partial charge >= 0.3 is 0 Å². The molecule has 0 N–H and O–H groups in total. The zero-order chi connectivity index (χ0) is 37.0. The topological polar surface area (TPSA) is 43.9 Å². The molecule has 0 aliphatic carbocycles. The van der Waals surface area contributed by atoms with Crippen LogP contribution in [0.25, 0.3) is 72.8 Å². The van der Waals surface area contributed by atoms with Crippen LogP contribution in [0, 0.1) is 12.1 Å². The number of imidazole rings is 1. The van der Waals surface area contributed by atoms with E-state index in [1.165, 1.54) is 16.8 Å². The van der Waals surface area contributed by atoms with Crippen molar-refractivity contribution in [1.29, 1.82) is 0 Å². The van der Waals surface area contributed by atoms with Crippen molar-refractivity contribution < 1.29 is 24.5 Å². The first-order chi connectivity index (χ1) is 26.5. The van der Waals surface area contributed by atoms with Gasteiger partial charge in [0.15, 0.2) is 0 Å². The van der Waals surface area contributed by atoms with Crippen molar-refractivity contribution in [3.63, 3.8) is 0 Å². The van der Waals surface area contributed by atoms with E-state index in [0.717, 1.165) is 67.1 Å². The van der Waals surface area contributed by atoms with Crippen LogP contribution in [-0.4, -0.2) is 14.5 Å². The van der Waals surface area contributed by atoms with Gasteiger partial charge in [-0.1, -0.05) is 148 Å². The Balaban J connectivity index is 0.000000305. The number of furan rings is 1. The van der Waals surface area contributed by atoms with Crippen molar-refractivity contribution >= 4 is 22.0 Å². The van der Waals surface area contributed by atoms with Crippen LogP contribution in [-0.2, 0) is 20.1 Å². The van der Waals surface area contributed by atoms with Gasteiger partial charge in [0, 0.05) is 37.6 Å². The summed E-state index contributed by atoms with van der Waals surface area (Å²) in [4.78, 5) is 9.49. The summed E-state index contributed by atoms with van der Waals surface area (Å²) in [7, 11) is 0. The number of benzene rings is 6. The van der Waals surface area contributed by atoms with E-state index in [9.17, 15) is 0 Å². The SMILES string of the molecule is CC(C)c1cccc(C(C)C)c1-n1c(-c2[c-]c3cc(-c4ccccc4)oc3c(-c3ccccc3)c2)nc2ccccc21.[Ir].[c-]1ccccc1-c1ccccn1. The second kappa shape index (κ2) is 16.6. The molecular weight excluding hydrogens is 851 g/mol. The Bertz CT molecular complexity index is 2580. The summed E-state index contributed by atoms with van der Waals surface area (Å²) in [6, 6.07) is 60.7. The molecule has 0 aliphatic heterocycles. The van der Waals surface area contributed by atoms with Crippen molar-refractivity contribution in [3.05, 3.63) is 187 Å². The first-order valence-corrected chi connectivity index (χ1v) is 18.6. The molecule has 6 aromatic carbocycles.